The molecule has 0 aliphatic heterocycles. The number of ether oxygens (including phenoxy) is 1. The predicted octanol–water partition coefficient (Wildman–Crippen LogP) is 1.74. The minimum Gasteiger partial charge on any atom is -0.382 e. The Morgan fingerprint density at radius 2 is 2.33 bits per heavy atom. The largest absolute Gasteiger partial charge is 0.382 e. The van der Waals surface area contributed by atoms with Crippen LogP contribution in [0.2, 0.25) is 0 Å². The van der Waals surface area contributed by atoms with E-state index in [9.17, 15) is 0 Å². The van der Waals surface area contributed by atoms with Gasteiger partial charge in [-0.05, 0) is 26.3 Å². The van der Waals surface area contributed by atoms with E-state index in [0.717, 1.165) is 44.8 Å². The summed E-state index contributed by atoms with van der Waals surface area (Å²) >= 11 is 0. The van der Waals surface area contributed by atoms with E-state index in [1.807, 2.05) is 13.1 Å². The molecular formula is C10H20ClN3O. The maximum atomic E-state index is 5.24. The Morgan fingerprint density at radius 1 is 1.47 bits per heavy atom. The Labute approximate surface area is 97.2 Å². The van der Waals surface area contributed by atoms with Crippen molar-refractivity contribution in [3.05, 3.63) is 18.2 Å². The zero-order valence-electron chi connectivity index (χ0n) is 9.16. The van der Waals surface area contributed by atoms with Gasteiger partial charge in [-0.25, -0.2) is 4.98 Å². The molecule has 0 atom stereocenters. The summed E-state index contributed by atoms with van der Waals surface area (Å²) < 4.78 is 5.24. The van der Waals surface area contributed by atoms with Crippen LogP contribution in [0.15, 0.2) is 12.5 Å². The van der Waals surface area contributed by atoms with Crippen molar-refractivity contribution >= 4 is 12.4 Å². The molecule has 0 spiro atoms. The quantitative estimate of drug-likeness (QED) is 0.673. The van der Waals surface area contributed by atoms with Crippen molar-refractivity contribution in [3.63, 3.8) is 0 Å². The fraction of sp³-hybridized carbons (Fsp3) is 0.700. The van der Waals surface area contributed by atoms with E-state index < -0.39 is 0 Å². The van der Waals surface area contributed by atoms with Gasteiger partial charge in [0.15, 0.2) is 0 Å². The average Bonchev–Trinajstić information content (AvgIpc) is 2.69. The number of nitrogens with zero attached hydrogens (tertiary/aromatic N) is 1. The van der Waals surface area contributed by atoms with E-state index in [1.54, 1.807) is 6.33 Å². The number of imidazole rings is 1. The minimum atomic E-state index is 0. The van der Waals surface area contributed by atoms with Gasteiger partial charge in [0.05, 0.1) is 6.33 Å². The molecule has 0 radical (unpaired) electrons. The first kappa shape index (κ1) is 14.4. The highest BCUT2D eigenvalue weighted by Crippen LogP contribution is 1.91. The Kier molecular flexibility index (Phi) is 9.57. The summed E-state index contributed by atoms with van der Waals surface area (Å²) in [7, 11) is 0. The normalized spacial score (nSPS) is 9.93. The maximum absolute atomic E-state index is 5.24. The highest BCUT2D eigenvalue weighted by atomic mass is 35.5. The second-order valence-corrected chi connectivity index (χ2v) is 3.16. The molecule has 0 aliphatic rings. The van der Waals surface area contributed by atoms with Gasteiger partial charge >= 0.3 is 0 Å². The zero-order chi connectivity index (χ0) is 10.1. The molecule has 2 N–H and O–H groups in total. The van der Waals surface area contributed by atoms with Crippen molar-refractivity contribution in [2.75, 3.05) is 19.8 Å². The number of hydrogen-bond acceptors (Lipinski definition) is 3. The molecule has 1 aromatic heterocycles. The predicted molar refractivity (Wildman–Crippen MR) is 63.3 cm³/mol. The first-order valence-corrected chi connectivity index (χ1v) is 5.19. The Balaban J connectivity index is 0.00000196. The first-order valence-electron chi connectivity index (χ1n) is 5.19. The first-order chi connectivity index (χ1) is 6.93. The summed E-state index contributed by atoms with van der Waals surface area (Å²) in [6, 6.07) is 0. The summed E-state index contributed by atoms with van der Waals surface area (Å²) in [4.78, 5) is 7.00. The number of aromatic amines is 1. The van der Waals surface area contributed by atoms with Crippen LogP contribution in [0.5, 0.6) is 0 Å². The monoisotopic (exact) mass is 233 g/mol. The van der Waals surface area contributed by atoms with Crippen molar-refractivity contribution in [2.45, 2.75) is 26.3 Å². The molecule has 88 valence electrons. The molecule has 0 aromatic carbocycles. The standard InChI is InChI=1S/C10H19N3O.ClH/c1-2-14-6-4-3-5-11-7-10-8-12-9-13-10;/h8-9,11H,2-7H2,1H3,(H,12,13);1H. The lowest BCUT2D eigenvalue weighted by molar-refractivity contribution is 0.143. The third-order valence-corrected chi connectivity index (χ3v) is 1.97. The van der Waals surface area contributed by atoms with Gasteiger partial charge in [-0.1, -0.05) is 0 Å². The van der Waals surface area contributed by atoms with E-state index in [4.69, 9.17) is 4.74 Å². The fourth-order valence-corrected chi connectivity index (χ4v) is 1.20. The van der Waals surface area contributed by atoms with Crippen molar-refractivity contribution < 1.29 is 4.74 Å². The van der Waals surface area contributed by atoms with Crippen LogP contribution in [0.3, 0.4) is 0 Å². The van der Waals surface area contributed by atoms with Gasteiger partial charge in [0.1, 0.15) is 0 Å². The number of rotatable bonds is 8. The van der Waals surface area contributed by atoms with Gasteiger partial charge in [-0.15, -0.1) is 12.4 Å². The lowest BCUT2D eigenvalue weighted by Crippen LogP contribution is -2.15. The van der Waals surface area contributed by atoms with E-state index >= 15 is 0 Å². The van der Waals surface area contributed by atoms with Crippen LogP contribution < -0.4 is 5.32 Å². The fourth-order valence-electron chi connectivity index (χ4n) is 1.20. The number of aromatic nitrogens is 2. The smallest absolute Gasteiger partial charge is 0.0922 e. The molecule has 0 amide bonds. The highest BCUT2D eigenvalue weighted by Gasteiger charge is 1.92. The summed E-state index contributed by atoms with van der Waals surface area (Å²) in [5.74, 6) is 0. The van der Waals surface area contributed by atoms with E-state index in [-0.39, 0.29) is 12.4 Å². The SMILES string of the molecule is CCOCCCCNCc1cnc[nH]1.Cl. The molecule has 5 heteroatoms. The molecule has 0 saturated carbocycles. The summed E-state index contributed by atoms with van der Waals surface area (Å²) in [6.45, 7) is 5.63. The number of halogens is 1. The zero-order valence-corrected chi connectivity index (χ0v) is 9.98. The van der Waals surface area contributed by atoms with Gasteiger partial charge in [0.25, 0.3) is 0 Å². The molecule has 0 aliphatic carbocycles. The summed E-state index contributed by atoms with van der Waals surface area (Å²) in [5, 5.41) is 3.34. The van der Waals surface area contributed by atoms with Crippen molar-refractivity contribution in [3.8, 4) is 0 Å². The Bertz CT molecular complexity index is 216. The number of unbranched alkanes of at least 4 members (excludes halogenated alkanes) is 1. The van der Waals surface area contributed by atoms with Gasteiger partial charge in [0.2, 0.25) is 0 Å². The molecule has 4 nitrogen and oxygen atoms in total. The van der Waals surface area contributed by atoms with Crippen LogP contribution in [0.4, 0.5) is 0 Å². The second-order valence-electron chi connectivity index (χ2n) is 3.16. The van der Waals surface area contributed by atoms with Crippen LogP contribution in [0.1, 0.15) is 25.5 Å². The molecular weight excluding hydrogens is 214 g/mol. The van der Waals surface area contributed by atoms with Crippen molar-refractivity contribution in [2.24, 2.45) is 0 Å². The summed E-state index contributed by atoms with van der Waals surface area (Å²) in [5.41, 5.74) is 1.13. The molecule has 1 aromatic rings. The Morgan fingerprint density at radius 3 is 3.00 bits per heavy atom. The van der Waals surface area contributed by atoms with Gasteiger partial charge in [-0.2, -0.15) is 0 Å². The molecule has 0 bridgehead atoms. The topological polar surface area (TPSA) is 49.9 Å². The third kappa shape index (κ3) is 7.36. The molecule has 1 rings (SSSR count). The van der Waals surface area contributed by atoms with E-state index in [1.165, 1.54) is 0 Å². The van der Waals surface area contributed by atoms with Gasteiger partial charge in [0, 0.05) is 31.6 Å². The second kappa shape index (κ2) is 9.96. The molecule has 0 unspecified atom stereocenters. The highest BCUT2D eigenvalue weighted by molar-refractivity contribution is 5.85. The molecule has 15 heavy (non-hydrogen) atoms. The minimum absolute atomic E-state index is 0. The van der Waals surface area contributed by atoms with Crippen LogP contribution in [-0.2, 0) is 11.3 Å². The van der Waals surface area contributed by atoms with Crippen LogP contribution >= 0.6 is 12.4 Å². The third-order valence-electron chi connectivity index (χ3n) is 1.97. The number of hydrogen-bond donors (Lipinski definition) is 2. The number of H-pyrrole nitrogens is 1. The van der Waals surface area contributed by atoms with Crippen molar-refractivity contribution in [1.82, 2.24) is 15.3 Å². The Hall–Kier alpha value is -0.580. The lowest BCUT2D eigenvalue weighted by atomic mass is 10.3. The molecule has 0 saturated heterocycles. The van der Waals surface area contributed by atoms with Crippen LogP contribution in [0, 0.1) is 0 Å². The molecule has 1 heterocycles. The van der Waals surface area contributed by atoms with E-state index in [0.29, 0.717) is 0 Å². The lowest BCUT2D eigenvalue weighted by Gasteiger charge is -2.03. The average molecular weight is 234 g/mol. The maximum Gasteiger partial charge on any atom is 0.0922 e. The van der Waals surface area contributed by atoms with Gasteiger partial charge < -0.3 is 15.0 Å². The van der Waals surface area contributed by atoms with Crippen molar-refractivity contribution in [1.29, 1.82) is 0 Å². The number of nitrogens with one attached hydrogen (secondary N) is 2. The van der Waals surface area contributed by atoms with Crippen LogP contribution in [-0.4, -0.2) is 29.7 Å². The summed E-state index contributed by atoms with van der Waals surface area (Å²) in [6.07, 6.45) is 5.83. The van der Waals surface area contributed by atoms with Crippen LogP contribution in [0.25, 0.3) is 0 Å². The van der Waals surface area contributed by atoms with E-state index in [2.05, 4.69) is 15.3 Å². The molecule has 0 fully saturated rings. The van der Waals surface area contributed by atoms with Gasteiger partial charge in [-0.3, -0.25) is 0 Å².